The first kappa shape index (κ1) is 33.2. The van der Waals surface area contributed by atoms with E-state index in [9.17, 15) is 13.2 Å². The monoisotopic (exact) mass is 683 g/mol. The van der Waals surface area contributed by atoms with Crippen molar-refractivity contribution in [3.05, 3.63) is 58.1 Å². The van der Waals surface area contributed by atoms with E-state index in [-0.39, 0.29) is 11.3 Å². The van der Waals surface area contributed by atoms with Crippen LogP contribution >= 0.6 is 11.6 Å². The van der Waals surface area contributed by atoms with Gasteiger partial charge in [0.15, 0.2) is 0 Å². The van der Waals surface area contributed by atoms with Gasteiger partial charge in [0.25, 0.3) is 5.91 Å². The minimum absolute atomic E-state index is 0.0604. The van der Waals surface area contributed by atoms with E-state index >= 15 is 0 Å². The minimum atomic E-state index is -3.86. The normalized spacial score (nSPS) is 33.0. The van der Waals surface area contributed by atoms with Gasteiger partial charge in [0.1, 0.15) is 5.75 Å². The number of halogens is 1. The summed E-state index contributed by atoms with van der Waals surface area (Å²) < 4.78 is 41.6. The summed E-state index contributed by atoms with van der Waals surface area (Å²) in [6.07, 6.45) is 8.41. The van der Waals surface area contributed by atoms with Gasteiger partial charge in [-0.15, -0.1) is 0 Å². The van der Waals surface area contributed by atoms with Crippen molar-refractivity contribution < 1.29 is 22.7 Å². The van der Waals surface area contributed by atoms with Gasteiger partial charge in [-0.25, -0.2) is 13.1 Å². The minimum Gasteiger partial charge on any atom is -0.490 e. The standard InChI is InChI=1S/C37H50ClN3O5S/c1-25-5-3-6-29(21-40-15-17-45-18-16-40)32-11-8-30(32)22-41-23-37(14-4-7-27-19-31(38)10-12-33(27)37)24-46-35-13-9-28(20-34(35)41)36(42)39-47(43,44)26(25)2/h9-10,12-13,19-20,25-26,29-30,32H,3-8,11,14-18,21-24H2,1-2H3,(H,39,42)/t25-,26?,29+,30-,32-,37-/m0/s1. The van der Waals surface area contributed by atoms with Gasteiger partial charge < -0.3 is 14.4 Å². The molecular formula is C37H50ClN3O5S. The van der Waals surface area contributed by atoms with E-state index < -0.39 is 21.2 Å². The predicted molar refractivity (Wildman–Crippen MR) is 186 cm³/mol. The second-order valence-electron chi connectivity index (χ2n) is 15.1. The highest BCUT2D eigenvalue weighted by Gasteiger charge is 2.45. The molecule has 1 N–H and O–H groups in total. The van der Waals surface area contributed by atoms with Crippen molar-refractivity contribution in [2.75, 3.05) is 57.4 Å². The van der Waals surface area contributed by atoms with Crippen LogP contribution in [0.15, 0.2) is 36.4 Å². The zero-order valence-electron chi connectivity index (χ0n) is 27.9. The lowest BCUT2D eigenvalue weighted by molar-refractivity contribution is 0.00824. The number of ether oxygens (including phenoxy) is 2. The van der Waals surface area contributed by atoms with Gasteiger partial charge in [-0.3, -0.25) is 9.69 Å². The lowest BCUT2D eigenvalue weighted by Gasteiger charge is -2.48. The van der Waals surface area contributed by atoms with E-state index in [4.69, 9.17) is 21.1 Å². The number of anilines is 1. The number of benzene rings is 2. The van der Waals surface area contributed by atoms with E-state index in [0.29, 0.717) is 29.9 Å². The molecule has 1 saturated heterocycles. The van der Waals surface area contributed by atoms with E-state index in [2.05, 4.69) is 26.7 Å². The first-order chi connectivity index (χ1) is 22.6. The van der Waals surface area contributed by atoms with Gasteiger partial charge >= 0.3 is 0 Å². The Morgan fingerprint density at radius 2 is 1.85 bits per heavy atom. The molecule has 3 heterocycles. The van der Waals surface area contributed by atoms with Crippen molar-refractivity contribution in [1.29, 1.82) is 0 Å². The fraction of sp³-hybridized carbons (Fsp3) is 0.649. The predicted octanol–water partition coefficient (Wildman–Crippen LogP) is 6.06. The molecule has 8 nitrogen and oxygen atoms in total. The number of morpholine rings is 1. The zero-order chi connectivity index (χ0) is 32.8. The number of hydrogen-bond acceptors (Lipinski definition) is 7. The summed E-state index contributed by atoms with van der Waals surface area (Å²) in [6.45, 7) is 10.6. The number of carbonyl (C=O) groups is 1. The summed E-state index contributed by atoms with van der Waals surface area (Å²) in [7, 11) is -3.86. The summed E-state index contributed by atoms with van der Waals surface area (Å²) in [5, 5.41) is 0.0930. The number of amides is 1. The Balaban J connectivity index is 1.27. The van der Waals surface area contributed by atoms with Gasteiger partial charge in [0, 0.05) is 48.7 Å². The van der Waals surface area contributed by atoms with Gasteiger partial charge in [-0.2, -0.15) is 0 Å². The van der Waals surface area contributed by atoms with Crippen LogP contribution in [-0.2, 0) is 26.6 Å². The first-order valence-corrected chi connectivity index (χ1v) is 19.7. The molecule has 1 amide bonds. The number of fused-ring (bicyclic) bond motifs is 4. The van der Waals surface area contributed by atoms with Crippen molar-refractivity contribution in [2.24, 2.45) is 23.7 Å². The van der Waals surface area contributed by atoms with Crippen LogP contribution in [0.3, 0.4) is 0 Å². The van der Waals surface area contributed by atoms with Gasteiger partial charge in [0.05, 0.1) is 30.8 Å². The van der Waals surface area contributed by atoms with Crippen LogP contribution in [0.25, 0.3) is 0 Å². The third kappa shape index (κ3) is 6.79. The Morgan fingerprint density at radius 3 is 2.64 bits per heavy atom. The number of nitrogens with zero attached hydrogens (tertiary/aromatic N) is 2. The second-order valence-corrected chi connectivity index (χ2v) is 17.5. The first-order valence-electron chi connectivity index (χ1n) is 17.8. The maximum atomic E-state index is 13.5. The number of carbonyl (C=O) groups excluding carboxylic acids is 1. The Hall–Kier alpha value is -2.33. The molecule has 256 valence electrons. The number of sulfonamides is 1. The van der Waals surface area contributed by atoms with E-state index in [0.717, 1.165) is 101 Å². The Morgan fingerprint density at radius 1 is 1.02 bits per heavy atom. The number of hydrogen-bond donors (Lipinski definition) is 1. The van der Waals surface area contributed by atoms with Crippen molar-refractivity contribution in [3.8, 4) is 5.75 Å². The summed E-state index contributed by atoms with van der Waals surface area (Å²) >= 11 is 6.47. The van der Waals surface area contributed by atoms with Gasteiger partial charge in [-0.1, -0.05) is 31.0 Å². The van der Waals surface area contributed by atoms with Crippen LogP contribution in [0.5, 0.6) is 5.75 Å². The van der Waals surface area contributed by atoms with E-state index in [1.165, 1.54) is 24.0 Å². The second kappa shape index (κ2) is 13.5. The maximum absolute atomic E-state index is 13.5. The lowest BCUT2D eigenvalue weighted by Crippen LogP contribution is -2.50. The van der Waals surface area contributed by atoms with Crippen molar-refractivity contribution in [3.63, 3.8) is 0 Å². The average molecular weight is 684 g/mol. The molecule has 5 aliphatic rings. The molecular weight excluding hydrogens is 634 g/mol. The van der Waals surface area contributed by atoms with Gasteiger partial charge in [0.2, 0.25) is 10.0 Å². The van der Waals surface area contributed by atoms with Crippen LogP contribution in [0.2, 0.25) is 5.02 Å². The fourth-order valence-electron chi connectivity index (χ4n) is 9.06. The molecule has 2 aromatic rings. The van der Waals surface area contributed by atoms with Crippen molar-refractivity contribution in [1.82, 2.24) is 9.62 Å². The van der Waals surface area contributed by atoms with Crippen molar-refractivity contribution >= 4 is 33.2 Å². The molecule has 3 aliphatic heterocycles. The molecule has 2 aromatic carbocycles. The number of nitrogens with one attached hydrogen (secondary N) is 1. The molecule has 0 aromatic heterocycles. The smallest absolute Gasteiger partial charge is 0.264 e. The van der Waals surface area contributed by atoms with Crippen LogP contribution in [0.1, 0.15) is 80.3 Å². The van der Waals surface area contributed by atoms with E-state index in [1.807, 2.05) is 25.1 Å². The largest absolute Gasteiger partial charge is 0.490 e. The molecule has 2 aliphatic carbocycles. The topological polar surface area (TPSA) is 88.2 Å². The third-order valence-corrected chi connectivity index (χ3v) is 14.3. The molecule has 7 rings (SSSR count). The fourth-order valence-corrected chi connectivity index (χ4v) is 10.6. The Labute approximate surface area is 285 Å². The average Bonchev–Trinajstić information content (AvgIpc) is 3.19. The van der Waals surface area contributed by atoms with Gasteiger partial charge in [-0.05, 0) is 117 Å². The Kier molecular flexibility index (Phi) is 9.55. The lowest BCUT2D eigenvalue weighted by atomic mass is 9.65. The number of rotatable bonds is 2. The molecule has 1 spiro atoms. The summed E-state index contributed by atoms with van der Waals surface area (Å²) in [5.74, 6) is 1.82. The Bertz CT molecular complexity index is 1580. The number of aryl methyl sites for hydroxylation is 1. The van der Waals surface area contributed by atoms with Crippen LogP contribution in [0.4, 0.5) is 5.69 Å². The quantitative estimate of drug-likeness (QED) is 0.412. The van der Waals surface area contributed by atoms with E-state index in [1.54, 1.807) is 13.0 Å². The summed E-state index contributed by atoms with van der Waals surface area (Å²) in [5.41, 5.74) is 3.64. The molecule has 2 fully saturated rings. The molecule has 6 atom stereocenters. The highest BCUT2D eigenvalue weighted by molar-refractivity contribution is 7.90. The molecule has 1 unspecified atom stereocenters. The van der Waals surface area contributed by atoms with Crippen LogP contribution in [-0.4, -0.2) is 77.0 Å². The molecule has 1 saturated carbocycles. The molecule has 47 heavy (non-hydrogen) atoms. The summed E-state index contributed by atoms with van der Waals surface area (Å²) in [4.78, 5) is 18.6. The van der Waals surface area contributed by atoms with Crippen LogP contribution in [0, 0.1) is 23.7 Å². The zero-order valence-corrected chi connectivity index (χ0v) is 29.5. The molecule has 2 bridgehead atoms. The third-order valence-electron chi connectivity index (χ3n) is 12.2. The van der Waals surface area contributed by atoms with Crippen LogP contribution < -0.4 is 14.4 Å². The highest BCUT2D eigenvalue weighted by Crippen LogP contribution is 2.48. The molecule has 10 heteroatoms. The highest BCUT2D eigenvalue weighted by atomic mass is 35.5. The SMILES string of the molecule is CC1[C@@H](C)CCC[C@H](CN2CCOCC2)[C@@H]2CC[C@H]2CN2C[C@@]3(CCCc4cc(Cl)ccc43)COc3ccc(cc32)C(=O)NS1(=O)=O. The van der Waals surface area contributed by atoms with Crippen molar-refractivity contribution in [2.45, 2.75) is 75.9 Å². The summed E-state index contributed by atoms with van der Waals surface area (Å²) in [6, 6.07) is 11.8. The maximum Gasteiger partial charge on any atom is 0.264 e. The molecule has 0 radical (unpaired) electrons.